The molecule has 0 unspecified atom stereocenters. The fraction of sp³-hybridized carbons (Fsp3) is 0.378. The molecule has 238 valence electrons. The number of ether oxygens (including phenoxy) is 3. The van der Waals surface area contributed by atoms with E-state index < -0.39 is 46.5 Å². The number of aromatic amines is 1. The monoisotopic (exact) mass is 624 g/mol. The number of benzene rings is 3. The number of rotatable bonds is 6. The van der Waals surface area contributed by atoms with Gasteiger partial charge in [0, 0.05) is 23.3 Å². The topological polar surface area (TPSA) is 97.9 Å². The minimum atomic E-state index is -1.44. The zero-order valence-electron chi connectivity index (χ0n) is 26.2. The molecule has 8 nitrogen and oxygen atoms in total. The van der Waals surface area contributed by atoms with Gasteiger partial charge in [0.05, 0.1) is 23.2 Å². The van der Waals surface area contributed by atoms with Gasteiger partial charge >= 0.3 is 18.0 Å². The second kappa shape index (κ2) is 11.0. The number of carbonyl (C=O) groups excluding carboxylic acids is 3. The molecule has 3 aromatic carbocycles. The highest BCUT2D eigenvalue weighted by Crippen LogP contribution is 2.66. The number of piperidine rings is 1. The highest BCUT2D eigenvalue weighted by molar-refractivity contribution is 5.94. The summed E-state index contributed by atoms with van der Waals surface area (Å²) in [5.41, 5.74) is 0.579. The van der Waals surface area contributed by atoms with E-state index in [1.54, 1.807) is 11.0 Å². The molecule has 1 N–H and O–H groups in total. The molecule has 4 aromatic rings. The van der Waals surface area contributed by atoms with Gasteiger partial charge in [-0.3, -0.25) is 4.79 Å². The van der Waals surface area contributed by atoms with Crippen LogP contribution in [0.5, 0.6) is 0 Å². The number of hydrogen-bond acceptors (Lipinski definition) is 6. The van der Waals surface area contributed by atoms with Crippen molar-refractivity contribution in [3.63, 3.8) is 0 Å². The first-order valence-corrected chi connectivity index (χ1v) is 15.8. The standard InChI is InChI=1S/C37H37FN2O6/c1-35(2)36(3)18-19-37(35,46-32(36)41)33(42)45-28-21-40(34(43)44-22-23-11-6-4-7-12-23)20-17-25(28)29-26-15-10-16-27(38)31(26)39-30(29)24-13-8-5-9-14-24/h4-16,25,28,39H,17-22H2,1-3H3/t25-,28-,36-,37+/m1/s1. The number of amides is 1. The van der Waals surface area contributed by atoms with E-state index >= 15 is 4.39 Å². The van der Waals surface area contributed by atoms with Crippen molar-refractivity contribution in [3.8, 4) is 11.3 Å². The van der Waals surface area contributed by atoms with Crippen molar-refractivity contribution in [1.82, 2.24) is 9.88 Å². The molecular formula is C37H37FN2O6. The first kappa shape index (κ1) is 30.0. The van der Waals surface area contributed by atoms with Crippen LogP contribution in [0.15, 0.2) is 78.9 Å². The normalized spacial score (nSPS) is 26.6. The Kier molecular flexibility index (Phi) is 7.18. The molecule has 4 atom stereocenters. The van der Waals surface area contributed by atoms with E-state index in [0.717, 1.165) is 22.4 Å². The molecule has 9 heteroatoms. The van der Waals surface area contributed by atoms with Crippen LogP contribution in [0.3, 0.4) is 0 Å². The SMILES string of the molecule is CC1(C)[C@@]2(C(=O)O[C@@H]3CN(C(=O)OCc4ccccc4)CC[C@H]3c3c(-c4ccccc4)[nH]c4c(F)cccc34)CC[C@]1(C)C(=O)O2. The Hall–Kier alpha value is -4.66. The minimum absolute atomic E-state index is 0.0575. The number of aromatic nitrogens is 1. The smallest absolute Gasteiger partial charge is 0.410 e. The largest absolute Gasteiger partial charge is 0.457 e. The lowest BCUT2D eigenvalue weighted by molar-refractivity contribution is -0.189. The van der Waals surface area contributed by atoms with Crippen molar-refractivity contribution in [2.24, 2.45) is 10.8 Å². The molecule has 46 heavy (non-hydrogen) atoms. The predicted octanol–water partition coefficient (Wildman–Crippen LogP) is 7.13. The zero-order chi connectivity index (χ0) is 32.3. The van der Waals surface area contributed by atoms with E-state index in [2.05, 4.69) is 4.98 Å². The number of fused-ring (bicyclic) bond motifs is 3. The quantitative estimate of drug-likeness (QED) is 0.181. The van der Waals surface area contributed by atoms with Crippen LogP contribution in [-0.2, 0) is 30.4 Å². The molecule has 1 aliphatic carbocycles. The maximum atomic E-state index is 15.2. The molecule has 2 bridgehead atoms. The van der Waals surface area contributed by atoms with Gasteiger partial charge in [0.15, 0.2) is 0 Å². The molecule has 0 spiro atoms. The van der Waals surface area contributed by atoms with E-state index in [9.17, 15) is 14.4 Å². The summed E-state index contributed by atoms with van der Waals surface area (Å²) in [6, 6.07) is 24.0. The molecule has 1 aromatic heterocycles. The van der Waals surface area contributed by atoms with Gasteiger partial charge in [-0.1, -0.05) is 86.6 Å². The van der Waals surface area contributed by atoms with Gasteiger partial charge in [0.25, 0.3) is 0 Å². The average Bonchev–Trinajstić information content (AvgIpc) is 3.60. The maximum Gasteiger partial charge on any atom is 0.410 e. The lowest BCUT2D eigenvalue weighted by atomic mass is 9.66. The Morgan fingerprint density at radius 3 is 2.37 bits per heavy atom. The van der Waals surface area contributed by atoms with Crippen molar-refractivity contribution < 1.29 is 33.0 Å². The van der Waals surface area contributed by atoms with E-state index in [1.165, 1.54) is 6.07 Å². The summed E-state index contributed by atoms with van der Waals surface area (Å²) >= 11 is 0. The van der Waals surface area contributed by atoms with E-state index in [1.807, 2.05) is 87.5 Å². The molecule has 0 radical (unpaired) electrons. The Balaban J connectivity index is 1.26. The Labute approximate surface area is 266 Å². The second-order valence-electron chi connectivity index (χ2n) is 13.4. The maximum absolute atomic E-state index is 15.2. The number of nitrogens with one attached hydrogen (secondary N) is 1. The number of likely N-dealkylation sites (tertiary alicyclic amines) is 1. The number of halogens is 1. The van der Waals surface area contributed by atoms with Gasteiger partial charge in [-0.15, -0.1) is 0 Å². The minimum Gasteiger partial charge on any atom is -0.457 e. The van der Waals surface area contributed by atoms with Crippen molar-refractivity contribution in [3.05, 3.63) is 95.8 Å². The molecular weight excluding hydrogens is 587 g/mol. The Morgan fingerprint density at radius 1 is 0.978 bits per heavy atom. The molecule has 2 aliphatic heterocycles. The molecule has 3 aliphatic rings. The summed E-state index contributed by atoms with van der Waals surface area (Å²) < 4.78 is 33.1. The predicted molar refractivity (Wildman–Crippen MR) is 169 cm³/mol. The van der Waals surface area contributed by atoms with Crippen LogP contribution in [0.25, 0.3) is 22.2 Å². The van der Waals surface area contributed by atoms with E-state index in [4.69, 9.17) is 14.2 Å². The van der Waals surface area contributed by atoms with Gasteiger partial charge < -0.3 is 24.1 Å². The lowest BCUT2D eigenvalue weighted by Crippen LogP contribution is -2.53. The van der Waals surface area contributed by atoms with Gasteiger partial charge in [-0.05, 0) is 48.9 Å². The highest BCUT2D eigenvalue weighted by atomic mass is 19.1. The van der Waals surface area contributed by atoms with Crippen LogP contribution in [0.2, 0.25) is 0 Å². The zero-order valence-corrected chi connectivity index (χ0v) is 26.2. The number of hydrogen-bond donors (Lipinski definition) is 1. The number of esters is 2. The van der Waals surface area contributed by atoms with Crippen LogP contribution in [0.1, 0.15) is 57.1 Å². The van der Waals surface area contributed by atoms with Crippen molar-refractivity contribution in [1.29, 1.82) is 0 Å². The molecule has 2 saturated heterocycles. The second-order valence-corrected chi connectivity index (χ2v) is 13.4. The first-order chi connectivity index (χ1) is 22.1. The van der Waals surface area contributed by atoms with E-state index in [-0.39, 0.29) is 19.0 Å². The third kappa shape index (κ3) is 4.50. The van der Waals surface area contributed by atoms with Crippen molar-refractivity contribution in [2.45, 2.75) is 64.3 Å². The van der Waals surface area contributed by atoms with Gasteiger partial charge in [-0.25, -0.2) is 14.0 Å². The summed E-state index contributed by atoms with van der Waals surface area (Å²) in [4.78, 5) is 45.5. The fourth-order valence-corrected chi connectivity index (χ4v) is 7.70. The van der Waals surface area contributed by atoms with Crippen molar-refractivity contribution in [2.75, 3.05) is 13.1 Å². The van der Waals surface area contributed by atoms with Crippen LogP contribution in [0, 0.1) is 16.6 Å². The Morgan fingerprint density at radius 2 is 1.70 bits per heavy atom. The summed E-state index contributed by atoms with van der Waals surface area (Å²) in [6.07, 6.45) is -0.0491. The lowest BCUT2D eigenvalue weighted by Gasteiger charge is -2.41. The van der Waals surface area contributed by atoms with Crippen LogP contribution >= 0.6 is 0 Å². The highest BCUT2D eigenvalue weighted by Gasteiger charge is 2.76. The number of H-pyrrole nitrogens is 1. The number of nitrogens with zero attached hydrogens (tertiary/aromatic N) is 1. The molecule has 1 saturated carbocycles. The molecule has 1 amide bonds. The van der Waals surface area contributed by atoms with Crippen LogP contribution in [-0.4, -0.2) is 52.7 Å². The fourth-order valence-electron chi connectivity index (χ4n) is 7.70. The molecule has 3 fully saturated rings. The van der Waals surface area contributed by atoms with Gasteiger partial charge in [0.1, 0.15) is 18.5 Å². The van der Waals surface area contributed by atoms with Crippen molar-refractivity contribution >= 4 is 28.9 Å². The average molecular weight is 625 g/mol. The summed E-state index contributed by atoms with van der Waals surface area (Å²) in [5.74, 6) is -1.81. The van der Waals surface area contributed by atoms with Gasteiger partial charge in [-0.2, -0.15) is 0 Å². The van der Waals surface area contributed by atoms with Crippen LogP contribution in [0.4, 0.5) is 9.18 Å². The summed E-state index contributed by atoms with van der Waals surface area (Å²) in [5, 5.41) is 0.684. The van der Waals surface area contributed by atoms with E-state index in [0.29, 0.717) is 36.7 Å². The first-order valence-electron chi connectivity index (χ1n) is 15.8. The summed E-state index contributed by atoms with van der Waals surface area (Å²) in [7, 11) is 0. The molecule has 7 rings (SSSR count). The van der Waals surface area contributed by atoms with Gasteiger partial charge in [0.2, 0.25) is 5.60 Å². The third-order valence-electron chi connectivity index (χ3n) is 11.0. The molecule has 3 heterocycles. The third-order valence-corrected chi connectivity index (χ3v) is 11.0. The number of carbonyl (C=O) groups is 3. The van der Waals surface area contributed by atoms with Crippen LogP contribution < -0.4 is 0 Å². The summed E-state index contributed by atoms with van der Waals surface area (Å²) in [6.45, 7) is 6.11. The Bertz CT molecular complexity index is 1820. The number of para-hydroxylation sites is 1.